The van der Waals surface area contributed by atoms with Gasteiger partial charge >= 0.3 is 0 Å². The van der Waals surface area contributed by atoms with E-state index in [-0.39, 0.29) is 18.5 Å². The van der Waals surface area contributed by atoms with Gasteiger partial charge in [0.05, 0.1) is 18.0 Å². The average Bonchev–Trinajstić information content (AvgIpc) is 2.50. The van der Waals surface area contributed by atoms with Gasteiger partial charge in [-0.1, -0.05) is 29.8 Å². The van der Waals surface area contributed by atoms with Crippen LogP contribution in [0.5, 0.6) is 0 Å². The molecule has 0 aliphatic carbocycles. The first-order valence-electron chi connectivity index (χ1n) is 6.46. The molecule has 0 atom stereocenters. The second kappa shape index (κ2) is 7.51. The molecule has 1 aromatic carbocycles. The molecular weight excluding hydrogens is 309 g/mol. The fourth-order valence-corrected chi connectivity index (χ4v) is 1.80. The number of benzene rings is 1. The number of anilines is 1. The van der Waals surface area contributed by atoms with E-state index >= 15 is 0 Å². The molecule has 0 aliphatic heterocycles. The van der Waals surface area contributed by atoms with Gasteiger partial charge in [-0.25, -0.2) is 9.37 Å². The predicted octanol–water partition coefficient (Wildman–Crippen LogP) is 2.17. The summed E-state index contributed by atoms with van der Waals surface area (Å²) in [6.07, 6.45) is 1.27. The third kappa shape index (κ3) is 4.82. The van der Waals surface area contributed by atoms with E-state index in [0.717, 1.165) is 0 Å². The third-order valence-corrected chi connectivity index (χ3v) is 2.97. The molecule has 0 saturated carbocycles. The van der Waals surface area contributed by atoms with Crippen LogP contribution in [0.25, 0.3) is 0 Å². The Balaban J connectivity index is 1.79. The number of rotatable bonds is 5. The summed E-state index contributed by atoms with van der Waals surface area (Å²) in [5.74, 6) is -0.994. The molecule has 2 rings (SSSR count). The van der Waals surface area contributed by atoms with E-state index in [1.165, 1.54) is 18.3 Å². The number of aromatic nitrogens is 1. The van der Waals surface area contributed by atoms with Gasteiger partial charge in [0.1, 0.15) is 11.6 Å². The van der Waals surface area contributed by atoms with Gasteiger partial charge in [-0.3, -0.25) is 9.59 Å². The molecule has 114 valence electrons. The Labute approximate surface area is 131 Å². The Morgan fingerprint density at radius 2 is 1.91 bits per heavy atom. The number of hydrogen-bond acceptors (Lipinski definition) is 3. The van der Waals surface area contributed by atoms with Gasteiger partial charge in [0, 0.05) is 6.20 Å². The molecule has 1 heterocycles. The predicted molar refractivity (Wildman–Crippen MR) is 81.0 cm³/mol. The summed E-state index contributed by atoms with van der Waals surface area (Å²) < 4.78 is 13.4. The van der Waals surface area contributed by atoms with Crippen LogP contribution in [0.3, 0.4) is 0 Å². The number of hydrogen-bond donors (Lipinski definition) is 2. The largest absolute Gasteiger partial charge is 0.347 e. The van der Waals surface area contributed by atoms with Crippen LogP contribution in [0.1, 0.15) is 5.56 Å². The zero-order valence-corrected chi connectivity index (χ0v) is 12.2. The highest BCUT2D eigenvalue weighted by molar-refractivity contribution is 6.30. The third-order valence-electron chi connectivity index (χ3n) is 2.75. The summed E-state index contributed by atoms with van der Waals surface area (Å²) in [5, 5.41) is 5.38. The molecule has 0 unspecified atom stereocenters. The second-order valence-electron chi connectivity index (χ2n) is 4.45. The monoisotopic (exact) mass is 321 g/mol. The number of nitrogens with one attached hydrogen (secondary N) is 2. The van der Waals surface area contributed by atoms with Crippen molar-refractivity contribution in [1.29, 1.82) is 0 Å². The summed E-state index contributed by atoms with van der Waals surface area (Å²) in [5.41, 5.74) is 0.278. The molecule has 5 nitrogen and oxygen atoms in total. The van der Waals surface area contributed by atoms with Gasteiger partial charge in [0.15, 0.2) is 0 Å². The maximum Gasteiger partial charge on any atom is 0.244 e. The van der Waals surface area contributed by atoms with Crippen molar-refractivity contribution in [3.8, 4) is 0 Å². The Bertz CT molecular complexity index is 677. The van der Waals surface area contributed by atoms with Gasteiger partial charge in [-0.15, -0.1) is 0 Å². The summed E-state index contributed by atoms with van der Waals surface area (Å²) in [7, 11) is 0. The summed E-state index contributed by atoms with van der Waals surface area (Å²) in [6, 6.07) is 9.12. The normalized spacial score (nSPS) is 10.1. The van der Waals surface area contributed by atoms with Crippen molar-refractivity contribution in [2.45, 2.75) is 6.42 Å². The summed E-state index contributed by atoms with van der Waals surface area (Å²) >= 11 is 5.68. The lowest BCUT2D eigenvalue weighted by Crippen LogP contribution is -2.34. The van der Waals surface area contributed by atoms with Crippen molar-refractivity contribution in [1.82, 2.24) is 10.3 Å². The van der Waals surface area contributed by atoms with E-state index in [0.29, 0.717) is 10.8 Å². The van der Waals surface area contributed by atoms with Gasteiger partial charge in [-0.05, 0) is 23.8 Å². The smallest absolute Gasteiger partial charge is 0.244 e. The zero-order valence-electron chi connectivity index (χ0n) is 11.5. The van der Waals surface area contributed by atoms with E-state index in [1.54, 1.807) is 24.3 Å². The molecule has 2 N–H and O–H groups in total. The van der Waals surface area contributed by atoms with E-state index in [2.05, 4.69) is 15.6 Å². The lowest BCUT2D eigenvalue weighted by molar-refractivity contribution is -0.123. The molecule has 0 spiro atoms. The van der Waals surface area contributed by atoms with Crippen molar-refractivity contribution in [2.24, 2.45) is 0 Å². The number of carbonyl (C=O) groups is 2. The fourth-order valence-electron chi connectivity index (χ4n) is 1.69. The second-order valence-corrected chi connectivity index (χ2v) is 4.89. The Morgan fingerprint density at radius 1 is 1.14 bits per heavy atom. The van der Waals surface area contributed by atoms with Gasteiger partial charge in [-0.2, -0.15) is 0 Å². The Kier molecular flexibility index (Phi) is 5.43. The van der Waals surface area contributed by atoms with E-state index < -0.39 is 17.6 Å². The maximum atomic E-state index is 13.4. The number of pyridine rings is 1. The molecule has 0 bridgehead atoms. The Hall–Kier alpha value is -2.47. The minimum atomic E-state index is -0.451. The number of nitrogens with zero attached hydrogens (tertiary/aromatic N) is 1. The first kappa shape index (κ1) is 15.9. The molecule has 7 heteroatoms. The number of amides is 2. The number of halogens is 2. The molecule has 22 heavy (non-hydrogen) atoms. The van der Waals surface area contributed by atoms with E-state index in [1.807, 2.05) is 0 Å². The molecule has 0 radical (unpaired) electrons. The van der Waals surface area contributed by atoms with Crippen molar-refractivity contribution < 1.29 is 14.0 Å². The topological polar surface area (TPSA) is 71.1 Å². The molecule has 0 aliphatic rings. The SMILES string of the molecule is O=C(Cc1ccccc1F)NCC(=O)Nc1ccc(Cl)cn1. The highest BCUT2D eigenvalue weighted by Gasteiger charge is 2.09. The van der Waals surface area contributed by atoms with Crippen LogP contribution in [0, 0.1) is 5.82 Å². The molecule has 2 amide bonds. The fraction of sp³-hybridized carbons (Fsp3) is 0.133. The minimum Gasteiger partial charge on any atom is -0.347 e. The van der Waals surface area contributed by atoms with Gasteiger partial charge < -0.3 is 10.6 Å². The molecule has 2 aromatic rings. The lowest BCUT2D eigenvalue weighted by Gasteiger charge is -2.07. The van der Waals surface area contributed by atoms with Crippen LogP contribution in [-0.4, -0.2) is 23.3 Å². The quantitative estimate of drug-likeness (QED) is 0.886. The van der Waals surface area contributed by atoms with Crippen molar-refractivity contribution in [2.75, 3.05) is 11.9 Å². The minimum absolute atomic E-state index is 0.126. The molecule has 0 fully saturated rings. The highest BCUT2D eigenvalue weighted by atomic mass is 35.5. The van der Waals surface area contributed by atoms with Crippen LogP contribution < -0.4 is 10.6 Å². The highest BCUT2D eigenvalue weighted by Crippen LogP contribution is 2.09. The van der Waals surface area contributed by atoms with Crippen molar-refractivity contribution in [3.05, 3.63) is 59.0 Å². The van der Waals surface area contributed by atoms with Gasteiger partial charge in [0.2, 0.25) is 11.8 Å². The molecule has 1 aromatic heterocycles. The van der Waals surface area contributed by atoms with Crippen LogP contribution in [0.15, 0.2) is 42.6 Å². The Morgan fingerprint density at radius 3 is 2.59 bits per heavy atom. The molecule has 0 saturated heterocycles. The maximum absolute atomic E-state index is 13.4. The zero-order chi connectivity index (χ0) is 15.9. The number of carbonyl (C=O) groups excluding carboxylic acids is 2. The van der Waals surface area contributed by atoms with Gasteiger partial charge in [0.25, 0.3) is 0 Å². The first-order valence-corrected chi connectivity index (χ1v) is 6.84. The van der Waals surface area contributed by atoms with E-state index in [9.17, 15) is 14.0 Å². The summed E-state index contributed by atoms with van der Waals surface area (Å²) in [6.45, 7) is -0.225. The average molecular weight is 322 g/mol. The van der Waals surface area contributed by atoms with Crippen LogP contribution in [0.4, 0.5) is 10.2 Å². The van der Waals surface area contributed by atoms with E-state index in [4.69, 9.17) is 11.6 Å². The van der Waals surface area contributed by atoms with Crippen LogP contribution in [0.2, 0.25) is 5.02 Å². The van der Waals surface area contributed by atoms with Crippen LogP contribution >= 0.6 is 11.6 Å². The first-order chi connectivity index (χ1) is 10.5. The van der Waals surface area contributed by atoms with Crippen LogP contribution in [-0.2, 0) is 16.0 Å². The summed E-state index contributed by atoms with van der Waals surface area (Å²) in [4.78, 5) is 27.2. The van der Waals surface area contributed by atoms with Crippen molar-refractivity contribution in [3.63, 3.8) is 0 Å². The molecular formula is C15H13ClFN3O2. The standard InChI is InChI=1S/C15H13ClFN3O2/c16-11-5-6-13(18-8-11)20-15(22)9-19-14(21)7-10-3-1-2-4-12(10)17/h1-6,8H,7,9H2,(H,19,21)(H,18,20,22). The van der Waals surface area contributed by atoms with Crippen molar-refractivity contribution >= 4 is 29.2 Å². The lowest BCUT2D eigenvalue weighted by atomic mass is 10.1.